The van der Waals surface area contributed by atoms with Crippen LogP contribution in [-0.4, -0.2) is 52.9 Å². The molecule has 0 aromatic carbocycles. The number of aromatic nitrogens is 1. The van der Waals surface area contributed by atoms with Crippen LogP contribution in [0.5, 0.6) is 0 Å². The molecular weight excluding hydrogens is 391 g/mol. The van der Waals surface area contributed by atoms with Crippen LogP contribution in [0.2, 0.25) is 0 Å². The van der Waals surface area contributed by atoms with Crippen molar-refractivity contribution in [2.24, 2.45) is 23.5 Å². The molecule has 2 bridgehead atoms. The molecule has 0 radical (unpaired) electrons. The number of rotatable bonds is 4. The number of hydrogen-bond donors (Lipinski definition) is 1. The van der Waals surface area contributed by atoms with Crippen molar-refractivity contribution in [3.8, 4) is 0 Å². The maximum atomic E-state index is 12.9. The predicted molar refractivity (Wildman–Crippen MR) is 110 cm³/mol. The first-order valence-corrected chi connectivity index (χ1v) is 10.2. The Kier molecular flexibility index (Phi) is 7.74. The molecule has 3 fully saturated rings. The lowest BCUT2D eigenvalue weighted by molar-refractivity contribution is -0.139. The van der Waals surface area contributed by atoms with Crippen molar-refractivity contribution in [2.45, 2.75) is 45.2 Å². The molecule has 1 aliphatic heterocycles. The third-order valence-corrected chi connectivity index (χ3v) is 7.28. The number of nitrogens with zero attached hydrogens (tertiary/aromatic N) is 3. The average Bonchev–Trinajstić information content (AvgIpc) is 3.31. The normalized spacial score (nSPS) is 30.8. The lowest BCUT2D eigenvalue weighted by atomic mass is 9.84. The lowest BCUT2D eigenvalue weighted by Crippen LogP contribution is -2.53. The van der Waals surface area contributed by atoms with E-state index < -0.39 is 0 Å². The first kappa shape index (κ1) is 21.9. The minimum absolute atomic E-state index is 0. The highest BCUT2D eigenvalue weighted by Gasteiger charge is 2.50. The number of nitrogens with two attached hydrogens (primary N) is 1. The minimum atomic E-state index is 0. The fourth-order valence-corrected chi connectivity index (χ4v) is 5.59. The van der Waals surface area contributed by atoms with Gasteiger partial charge in [-0.2, -0.15) is 0 Å². The van der Waals surface area contributed by atoms with Gasteiger partial charge in [0.2, 0.25) is 5.91 Å². The van der Waals surface area contributed by atoms with Crippen LogP contribution in [-0.2, 0) is 17.8 Å². The zero-order valence-corrected chi connectivity index (χ0v) is 17.8. The third-order valence-electron chi connectivity index (χ3n) is 6.24. The highest BCUT2D eigenvalue weighted by atomic mass is 35.5. The molecule has 1 saturated heterocycles. The SMILES string of the molecule is CCc1nc(CN2CCN(C(=O)C3C4CCC(C4)C3N)CC2)cs1.Cl.Cl. The van der Waals surface area contributed by atoms with Gasteiger partial charge in [-0.15, -0.1) is 36.2 Å². The number of carbonyl (C=O) groups excluding carboxylic acids is 1. The molecule has 4 unspecified atom stereocenters. The van der Waals surface area contributed by atoms with Gasteiger partial charge in [0.25, 0.3) is 0 Å². The Labute approximate surface area is 172 Å². The van der Waals surface area contributed by atoms with Gasteiger partial charge in [0.1, 0.15) is 0 Å². The standard InChI is InChI=1S/C18H28N4OS.2ClH/c1-2-15-20-14(11-24-15)10-21-5-7-22(8-6-21)18(23)16-12-3-4-13(9-12)17(16)19;;/h11-13,16-17H,2-10,19H2,1H3;2*1H. The molecule has 8 heteroatoms. The van der Waals surface area contributed by atoms with Crippen LogP contribution < -0.4 is 5.73 Å². The zero-order chi connectivity index (χ0) is 16.7. The van der Waals surface area contributed by atoms with E-state index in [0.29, 0.717) is 17.7 Å². The molecule has 5 nitrogen and oxygen atoms in total. The number of carbonyl (C=O) groups is 1. The molecule has 4 atom stereocenters. The minimum Gasteiger partial charge on any atom is -0.340 e. The van der Waals surface area contributed by atoms with Crippen molar-refractivity contribution in [3.63, 3.8) is 0 Å². The molecule has 2 saturated carbocycles. The summed E-state index contributed by atoms with van der Waals surface area (Å²) in [7, 11) is 0. The number of thiazole rings is 1. The van der Waals surface area contributed by atoms with Crippen molar-refractivity contribution in [2.75, 3.05) is 26.2 Å². The summed E-state index contributed by atoms with van der Waals surface area (Å²) in [5.74, 6) is 1.58. The third kappa shape index (κ3) is 4.20. The van der Waals surface area contributed by atoms with Crippen LogP contribution in [0.3, 0.4) is 0 Å². The van der Waals surface area contributed by atoms with Crippen molar-refractivity contribution in [1.29, 1.82) is 0 Å². The van der Waals surface area contributed by atoms with Gasteiger partial charge in [-0.25, -0.2) is 4.98 Å². The van der Waals surface area contributed by atoms with Gasteiger partial charge in [0, 0.05) is 44.1 Å². The van der Waals surface area contributed by atoms with Crippen LogP contribution in [0, 0.1) is 17.8 Å². The topological polar surface area (TPSA) is 62.5 Å². The van der Waals surface area contributed by atoms with Crippen molar-refractivity contribution in [3.05, 3.63) is 16.1 Å². The molecule has 148 valence electrons. The maximum Gasteiger partial charge on any atom is 0.227 e. The van der Waals surface area contributed by atoms with Gasteiger partial charge in [-0.1, -0.05) is 6.92 Å². The zero-order valence-electron chi connectivity index (χ0n) is 15.3. The Morgan fingerprint density at radius 1 is 1.23 bits per heavy atom. The number of fused-ring (bicyclic) bond motifs is 2. The molecule has 1 aromatic heterocycles. The molecule has 2 N–H and O–H groups in total. The van der Waals surface area contributed by atoms with Gasteiger partial charge in [-0.05, 0) is 37.5 Å². The smallest absolute Gasteiger partial charge is 0.227 e. The van der Waals surface area contributed by atoms with Crippen molar-refractivity contribution in [1.82, 2.24) is 14.8 Å². The summed E-state index contributed by atoms with van der Waals surface area (Å²) in [6.07, 6.45) is 4.63. The Morgan fingerprint density at radius 3 is 2.50 bits per heavy atom. The van der Waals surface area contributed by atoms with Crippen LogP contribution in [0.15, 0.2) is 5.38 Å². The predicted octanol–water partition coefficient (Wildman–Crippen LogP) is 2.57. The van der Waals surface area contributed by atoms with Crippen LogP contribution >= 0.6 is 36.2 Å². The molecule has 0 spiro atoms. The molecule has 2 heterocycles. The number of hydrogen-bond acceptors (Lipinski definition) is 5. The van der Waals surface area contributed by atoms with Crippen molar-refractivity contribution < 1.29 is 4.79 Å². The maximum absolute atomic E-state index is 12.9. The summed E-state index contributed by atoms with van der Waals surface area (Å²) < 4.78 is 0. The number of amides is 1. The molecule has 1 aromatic rings. The Bertz CT molecular complexity index is 604. The van der Waals surface area contributed by atoms with E-state index >= 15 is 0 Å². The van der Waals surface area contributed by atoms with Crippen LogP contribution in [0.25, 0.3) is 0 Å². The average molecular weight is 421 g/mol. The molecule has 2 aliphatic carbocycles. The number of halogens is 2. The largest absolute Gasteiger partial charge is 0.340 e. The quantitative estimate of drug-likeness (QED) is 0.812. The first-order chi connectivity index (χ1) is 11.7. The second kappa shape index (κ2) is 9.20. The Morgan fingerprint density at radius 2 is 1.92 bits per heavy atom. The van der Waals surface area contributed by atoms with E-state index in [4.69, 9.17) is 5.73 Å². The van der Waals surface area contributed by atoms with E-state index in [9.17, 15) is 4.79 Å². The van der Waals surface area contributed by atoms with Gasteiger partial charge >= 0.3 is 0 Å². The summed E-state index contributed by atoms with van der Waals surface area (Å²) in [6.45, 7) is 6.62. The molecule has 3 aliphatic rings. The monoisotopic (exact) mass is 420 g/mol. The Balaban J connectivity index is 0.00000121. The van der Waals surface area contributed by atoms with E-state index in [2.05, 4.69) is 27.1 Å². The van der Waals surface area contributed by atoms with Crippen LogP contribution in [0.1, 0.15) is 36.9 Å². The number of aryl methyl sites for hydroxylation is 1. The van der Waals surface area contributed by atoms with Gasteiger partial charge in [0.15, 0.2) is 0 Å². The summed E-state index contributed by atoms with van der Waals surface area (Å²) in [4.78, 5) is 22.1. The fourth-order valence-electron chi connectivity index (χ4n) is 4.85. The summed E-state index contributed by atoms with van der Waals surface area (Å²) >= 11 is 1.75. The number of piperazine rings is 1. The van der Waals surface area contributed by atoms with Gasteiger partial charge < -0.3 is 10.6 Å². The lowest BCUT2D eigenvalue weighted by Gasteiger charge is -2.38. The molecule has 1 amide bonds. The van der Waals surface area contributed by atoms with Crippen molar-refractivity contribution >= 4 is 42.1 Å². The molecular formula is C18H30Cl2N4OS. The Hall–Kier alpha value is -0.400. The van der Waals surface area contributed by atoms with Gasteiger partial charge in [0.05, 0.1) is 16.6 Å². The highest BCUT2D eigenvalue weighted by molar-refractivity contribution is 7.09. The highest BCUT2D eigenvalue weighted by Crippen LogP contribution is 2.48. The van der Waals surface area contributed by atoms with E-state index in [-0.39, 0.29) is 36.8 Å². The van der Waals surface area contributed by atoms with E-state index in [1.807, 2.05) is 0 Å². The summed E-state index contributed by atoms with van der Waals surface area (Å²) in [5, 5.41) is 3.38. The first-order valence-electron chi connectivity index (χ1n) is 9.35. The second-order valence-corrected chi connectivity index (χ2v) is 8.57. The van der Waals surface area contributed by atoms with Gasteiger partial charge in [-0.3, -0.25) is 9.69 Å². The summed E-state index contributed by atoms with van der Waals surface area (Å²) in [6, 6.07) is 0.108. The molecule has 26 heavy (non-hydrogen) atoms. The van der Waals surface area contributed by atoms with E-state index in [1.165, 1.54) is 30.0 Å². The molecule has 4 rings (SSSR count). The van der Waals surface area contributed by atoms with E-state index in [1.54, 1.807) is 11.3 Å². The fraction of sp³-hybridized carbons (Fsp3) is 0.778. The second-order valence-electron chi connectivity index (χ2n) is 7.62. The van der Waals surface area contributed by atoms with Crippen LogP contribution in [0.4, 0.5) is 0 Å². The van der Waals surface area contributed by atoms with E-state index in [0.717, 1.165) is 39.1 Å². The summed E-state index contributed by atoms with van der Waals surface area (Å²) in [5.41, 5.74) is 7.52.